The number of nitrogens with zero attached hydrogens (tertiary/aromatic N) is 1. The van der Waals surface area contributed by atoms with Gasteiger partial charge in [-0.25, -0.2) is 9.36 Å². The fourth-order valence-electron chi connectivity index (χ4n) is 3.53. The van der Waals surface area contributed by atoms with Gasteiger partial charge in [0.05, 0.1) is 16.8 Å². The molecule has 1 N–H and O–H groups in total. The highest BCUT2D eigenvalue weighted by molar-refractivity contribution is 5.97. The van der Waals surface area contributed by atoms with Gasteiger partial charge in [-0.1, -0.05) is 24.3 Å². The lowest BCUT2D eigenvalue weighted by molar-refractivity contribution is -0.107. The first-order valence-corrected chi connectivity index (χ1v) is 9.70. The molecule has 2 heterocycles. The lowest BCUT2D eigenvalue weighted by atomic mass is 10.1. The maximum Gasteiger partial charge on any atom is 0.419 e. The SMILES string of the molecule is CC(C)(C)OC(=O)n1c(-c2cc3ccccc3[nH]c2=O)cc2cc(CC=O)ccc21. The highest BCUT2D eigenvalue weighted by atomic mass is 16.6. The molecule has 0 unspecified atom stereocenters. The average molecular weight is 402 g/mol. The summed E-state index contributed by atoms with van der Waals surface area (Å²) in [7, 11) is 0. The smallest absolute Gasteiger partial charge is 0.419 e. The summed E-state index contributed by atoms with van der Waals surface area (Å²) in [6, 6.07) is 16.4. The Morgan fingerprint density at radius 2 is 1.83 bits per heavy atom. The van der Waals surface area contributed by atoms with Crippen LogP contribution in [0.25, 0.3) is 33.1 Å². The molecule has 4 aromatic rings. The van der Waals surface area contributed by atoms with E-state index in [1.54, 1.807) is 45.0 Å². The lowest BCUT2D eigenvalue weighted by Crippen LogP contribution is -2.28. The van der Waals surface area contributed by atoms with Crippen molar-refractivity contribution >= 4 is 34.2 Å². The van der Waals surface area contributed by atoms with Crippen LogP contribution < -0.4 is 5.56 Å². The number of hydrogen-bond donors (Lipinski definition) is 1. The van der Waals surface area contributed by atoms with Gasteiger partial charge in [0, 0.05) is 17.3 Å². The number of ether oxygens (including phenoxy) is 1. The van der Waals surface area contributed by atoms with E-state index in [1.807, 2.05) is 30.3 Å². The first-order valence-electron chi connectivity index (χ1n) is 9.70. The van der Waals surface area contributed by atoms with E-state index in [1.165, 1.54) is 4.57 Å². The first-order chi connectivity index (χ1) is 14.3. The molecule has 6 nitrogen and oxygen atoms in total. The summed E-state index contributed by atoms with van der Waals surface area (Å²) in [6.07, 6.45) is 0.545. The fourth-order valence-corrected chi connectivity index (χ4v) is 3.53. The molecular formula is C24H22N2O4. The van der Waals surface area contributed by atoms with E-state index in [0.717, 1.165) is 28.1 Å². The summed E-state index contributed by atoms with van der Waals surface area (Å²) in [5.41, 5.74) is 1.98. The summed E-state index contributed by atoms with van der Waals surface area (Å²) in [5.74, 6) is 0. The number of aldehydes is 1. The van der Waals surface area contributed by atoms with Crippen molar-refractivity contribution in [3.8, 4) is 11.3 Å². The molecule has 0 saturated carbocycles. The van der Waals surface area contributed by atoms with Crippen LogP contribution in [0.1, 0.15) is 26.3 Å². The second kappa shape index (κ2) is 7.30. The monoisotopic (exact) mass is 402 g/mol. The van der Waals surface area contributed by atoms with Crippen LogP contribution in [0.2, 0.25) is 0 Å². The number of rotatable bonds is 3. The fraction of sp³-hybridized carbons (Fsp3) is 0.208. The van der Waals surface area contributed by atoms with E-state index in [2.05, 4.69) is 4.98 Å². The van der Waals surface area contributed by atoms with Crippen LogP contribution in [-0.4, -0.2) is 27.5 Å². The van der Waals surface area contributed by atoms with Crippen LogP contribution in [0, 0.1) is 0 Å². The number of fused-ring (bicyclic) bond motifs is 2. The number of hydrogen-bond acceptors (Lipinski definition) is 4. The summed E-state index contributed by atoms with van der Waals surface area (Å²) in [4.78, 5) is 39.8. The largest absolute Gasteiger partial charge is 0.443 e. The summed E-state index contributed by atoms with van der Waals surface area (Å²) < 4.78 is 7.03. The van der Waals surface area contributed by atoms with E-state index >= 15 is 0 Å². The van der Waals surface area contributed by atoms with Crippen LogP contribution in [-0.2, 0) is 16.0 Å². The third-order valence-corrected chi connectivity index (χ3v) is 4.79. The summed E-state index contributed by atoms with van der Waals surface area (Å²) in [5, 5.41) is 1.61. The number of aromatic nitrogens is 2. The number of H-pyrrole nitrogens is 1. The molecule has 0 spiro atoms. The van der Waals surface area contributed by atoms with Crippen molar-refractivity contribution < 1.29 is 14.3 Å². The molecule has 4 rings (SSSR count). The minimum absolute atomic E-state index is 0.277. The van der Waals surface area contributed by atoms with Gasteiger partial charge in [-0.2, -0.15) is 0 Å². The second-order valence-corrected chi connectivity index (χ2v) is 8.21. The Morgan fingerprint density at radius 3 is 2.57 bits per heavy atom. The molecule has 0 bridgehead atoms. The number of carbonyl (C=O) groups excluding carboxylic acids is 2. The maximum absolute atomic E-state index is 13.1. The standard InChI is InChI=1S/C24H22N2O4/c1-24(2,3)30-23(29)26-20-9-8-15(10-11-27)12-17(20)14-21(26)18-13-16-6-4-5-7-19(16)25-22(18)28/h4-9,11-14H,10H2,1-3H3,(H,25,28). The average Bonchev–Trinajstić information content (AvgIpc) is 3.05. The van der Waals surface area contributed by atoms with Crippen LogP contribution >= 0.6 is 0 Å². The van der Waals surface area contributed by atoms with Gasteiger partial charge in [0.25, 0.3) is 5.56 Å². The zero-order valence-corrected chi connectivity index (χ0v) is 17.1. The van der Waals surface area contributed by atoms with E-state index in [4.69, 9.17) is 4.74 Å². The molecule has 0 fully saturated rings. The van der Waals surface area contributed by atoms with E-state index in [9.17, 15) is 14.4 Å². The van der Waals surface area contributed by atoms with Gasteiger partial charge in [-0.05, 0) is 62.1 Å². The molecule has 2 aromatic heterocycles. The van der Waals surface area contributed by atoms with Gasteiger partial charge in [-0.15, -0.1) is 0 Å². The molecule has 0 atom stereocenters. The van der Waals surface area contributed by atoms with Crippen LogP contribution in [0.3, 0.4) is 0 Å². The van der Waals surface area contributed by atoms with Crippen LogP contribution in [0.4, 0.5) is 4.79 Å². The Balaban J connectivity index is 1.99. The highest BCUT2D eigenvalue weighted by Gasteiger charge is 2.24. The molecule has 0 aliphatic carbocycles. The Bertz CT molecular complexity index is 1340. The molecule has 0 aliphatic heterocycles. The number of carbonyl (C=O) groups is 2. The van der Waals surface area contributed by atoms with Gasteiger partial charge in [0.15, 0.2) is 0 Å². The van der Waals surface area contributed by atoms with Crippen LogP contribution in [0.5, 0.6) is 0 Å². The number of benzene rings is 2. The minimum atomic E-state index is -0.696. The Morgan fingerprint density at radius 1 is 1.07 bits per heavy atom. The summed E-state index contributed by atoms with van der Waals surface area (Å²) >= 11 is 0. The highest BCUT2D eigenvalue weighted by Crippen LogP contribution is 2.29. The van der Waals surface area contributed by atoms with Gasteiger partial charge in [0.1, 0.15) is 11.9 Å². The quantitative estimate of drug-likeness (QED) is 0.505. The number of nitrogens with one attached hydrogen (secondary N) is 1. The van der Waals surface area contributed by atoms with Crippen molar-refractivity contribution in [3.05, 3.63) is 70.5 Å². The van der Waals surface area contributed by atoms with Crippen molar-refractivity contribution in [1.29, 1.82) is 0 Å². The summed E-state index contributed by atoms with van der Waals surface area (Å²) in [6.45, 7) is 5.38. The molecule has 0 radical (unpaired) electrons. The van der Waals surface area contributed by atoms with E-state index in [0.29, 0.717) is 16.8 Å². The molecule has 0 amide bonds. The Labute approximate surface area is 173 Å². The Kier molecular flexibility index (Phi) is 4.78. The zero-order valence-electron chi connectivity index (χ0n) is 17.1. The molecule has 2 aromatic carbocycles. The zero-order chi connectivity index (χ0) is 21.5. The third kappa shape index (κ3) is 3.64. The van der Waals surface area contributed by atoms with Gasteiger partial charge in [0.2, 0.25) is 0 Å². The van der Waals surface area contributed by atoms with Crippen molar-refractivity contribution in [1.82, 2.24) is 9.55 Å². The number of aromatic amines is 1. The molecule has 6 heteroatoms. The van der Waals surface area contributed by atoms with E-state index < -0.39 is 11.7 Å². The van der Waals surface area contributed by atoms with E-state index in [-0.39, 0.29) is 12.0 Å². The molecule has 0 saturated heterocycles. The number of pyridine rings is 1. The topological polar surface area (TPSA) is 81.2 Å². The minimum Gasteiger partial charge on any atom is -0.443 e. The van der Waals surface area contributed by atoms with Crippen LogP contribution in [0.15, 0.2) is 59.4 Å². The molecular weight excluding hydrogens is 380 g/mol. The molecule has 0 aliphatic rings. The predicted molar refractivity (Wildman–Crippen MR) is 117 cm³/mol. The second-order valence-electron chi connectivity index (χ2n) is 8.21. The molecule has 30 heavy (non-hydrogen) atoms. The maximum atomic E-state index is 13.1. The number of para-hydroxylation sites is 1. The predicted octanol–water partition coefficient (Wildman–Crippen LogP) is 4.67. The molecule has 152 valence electrons. The lowest BCUT2D eigenvalue weighted by Gasteiger charge is -2.21. The van der Waals surface area contributed by atoms with Gasteiger partial charge in [-0.3, -0.25) is 4.79 Å². The van der Waals surface area contributed by atoms with Crippen molar-refractivity contribution in [2.75, 3.05) is 0 Å². The van der Waals surface area contributed by atoms with Crippen molar-refractivity contribution in [2.45, 2.75) is 32.8 Å². The third-order valence-electron chi connectivity index (χ3n) is 4.79. The normalized spacial score (nSPS) is 11.7. The first kappa shape index (κ1) is 19.6. The van der Waals surface area contributed by atoms with Gasteiger partial charge < -0.3 is 14.5 Å². The van der Waals surface area contributed by atoms with Crippen molar-refractivity contribution in [3.63, 3.8) is 0 Å². The van der Waals surface area contributed by atoms with Crippen molar-refractivity contribution in [2.24, 2.45) is 0 Å². The Hall–Kier alpha value is -3.67. The van der Waals surface area contributed by atoms with Gasteiger partial charge >= 0.3 is 6.09 Å².